The van der Waals surface area contributed by atoms with E-state index >= 15 is 0 Å². The number of benzene rings is 1. The highest BCUT2D eigenvalue weighted by atomic mass is 16.4. The largest absolute Gasteiger partial charge is 0.508 e. The number of carboxylic acids is 1. The van der Waals surface area contributed by atoms with Crippen LogP contribution in [0.15, 0.2) is 18.2 Å². The predicted molar refractivity (Wildman–Crippen MR) is 60.6 cm³/mol. The van der Waals surface area contributed by atoms with Gasteiger partial charge in [-0.15, -0.1) is 0 Å². The lowest BCUT2D eigenvalue weighted by Gasteiger charge is -2.17. The highest BCUT2D eigenvalue weighted by Gasteiger charge is 2.68. The van der Waals surface area contributed by atoms with Gasteiger partial charge in [-0.25, -0.2) is 0 Å². The Balaban J connectivity index is 2.56. The van der Waals surface area contributed by atoms with Gasteiger partial charge in [0.15, 0.2) is 0 Å². The van der Waals surface area contributed by atoms with E-state index in [1.54, 1.807) is 12.1 Å². The fourth-order valence-electron chi connectivity index (χ4n) is 2.56. The highest BCUT2D eigenvalue weighted by molar-refractivity contribution is 5.88. The molecule has 1 aromatic rings. The number of hydrogen-bond donors (Lipinski definition) is 2. The first-order valence-electron chi connectivity index (χ1n) is 5.35. The summed E-state index contributed by atoms with van der Waals surface area (Å²) in [6.07, 6.45) is 0.575. The summed E-state index contributed by atoms with van der Waals surface area (Å²) >= 11 is 0. The topological polar surface area (TPSA) is 57.5 Å². The van der Waals surface area contributed by atoms with Crippen LogP contribution in [0, 0.1) is 12.3 Å². The molecular weight excluding hydrogens is 204 g/mol. The molecule has 2 N–H and O–H groups in total. The van der Waals surface area contributed by atoms with Gasteiger partial charge in [0, 0.05) is 5.56 Å². The Morgan fingerprint density at radius 3 is 2.31 bits per heavy atom. The lowest BCUT2D eigenvalue weighted by molar-refractivity contribution is -0.141. The zero-order valence-corrected chi connectivity index (χ0v) is 9.74. The van der Waals surface area contributed by atoms with Crippen molar-refractivity contribution in [3.05, 3.63) is 29.3 Å². The molecule has 0 spiro atoms. The molecule has 86 valence electrons. The Bertz CT molecular complexity index is 462. The first-order chi connectivity index (χ1) is 7.31. The monoisotopic (exact) mass is 220 g/mol. The molecule has 0 bridgehead atoms. The molecule has 16 heavy (non-hydrogen) atoms. The van der Waals surface area contributed by atoms with Crippen molar-refractivity contribution in [2.24, 2.45) is 5.41 Å². The second kappa shape index (κ2) is 3.00. The Morgan fingerprint density at radius 2 is 1.94 bits per heavy atom. The molecule has 1 unspecified atom stereocenters. The van der Waals surface area contributed by atoms with E-state index in [0.717, 1.165) is 5.56 Å². The number of rotatable bonds is 2. The number of carboxylic acid groups (broad SMARTS) is 1. The fraction of sp³-hybridized carbons (Fsp3) is 0.462. The zero-order valence-electron chi connectivity index (χ0n) is 9.74. The van der Waals surface area contributed by atoms with Crippen LogP contribution < -0.4 is 0 Å². The van der Waals surface area contributed by atoms with Gasteiger partial charge in [0.1, 0.15) is 11.2 Å². The second-order valence-corrected chi connectivity index (χ2v) is 5.29. The van der Waals surface area contributed by atoms with Gasteiger partial charge in [0.25, 0.3) is 0 Å². The summed E-state index contributed by atoms with van der Waals surface area (Å²) in [5, 5.41) is 19.3. The summed E-state index contributed by atoms with van der Waals surface area (Å²) < 4.78 is 0. The molecule has 0 saturated heterocycles. The maximum atomic E-state index is 11.4. The fourth-order valence-corrected chi connectivity index (χ4v) is 2.56. The van der Waals surface area contributed by atoms with Gasteiger partial charge in [-0.05, 0) is 30.4 Å². The standard InChI is InChI=1S/C13H16O3/c1-8-4-5-9(10(14)6-8)13(11(15)16)7-12(13,2)3/h4-6,14H,7H2,1-3H3,(H,15,16). The van der Waals surface area contributed by atoms with Crippen LogP contribution in [0.1, 0.15) is 31.4 Å². The van der Waals surface area contributed by atoms with Crippen molar-refractivity contribution in [3.63, 3.8) is 0 Å². The van der Waals surface area contributed by atoms with E-state index in [1.807, 2.05) is 26.8 Å². The summed E-state index contributed by atoms with van der Waals surface area (Å²) in [5.74, 6) is -0.760. The van der Waals surface area contributed by atoms with Crippen LogP contribution in [0.25, 0.3) is 0 Å². The minimum Gasteiger partial charge on any atom is -0.508 e. The first-order valence-corrected chi connectivity index (χ1v) is 5.35. The third-order valence-corrected chi connectivity index (χ3v) is 3.72. The van der Waals surface area contributed by atoms with E-state index in [1.165, 1.54) is 0 Å². The lowest BCUT2D eigenvalue weighted by Crippen LogP contribution is -2.25. The van der Waals surface area contributed by atoms with Crippen molar-refractivity contribution in [2.75, 3.05) is 0 Å². The Morgan fingerprint density at radius 1 is 1.38 bits per heavy atom. The smallest absolute Gasteiger partial charge is 0.314 e. The van der Waals surface area contributed by atoms with Gasteiger partial charge in [-0.2, -0.15) is 0 Å². The van der Waals surface area contributed by atoms with E-state index in [-0.39, 0.29) is 11.2 Å². The van der Waals surface area contributed by atoms with Crippen LogP contribution in [-0.4, -0.2) is 16.2 Å². The van der Waals surface area contributed by atoms with Crippen molar-refractivity contribution in [2.45, 2.75) is 32.6 Å². The van der Waals surface area contributed by atoms with E-state index in [2.05, 4.69) is 0 Å². The molecule has 1 atom stereocenters. The Kier molecular flexibility index (Phi) is 2.06. The highest BCUT2D eigenvalue weighted by Crippen LogP contribution is 2.65. The minimum atomic E-state index is -0.912. The number of carbonyl (C=O) groups is 1. The molecule has 0 aromatic heterocycles. The van der Waals surface area contributed by atoms with Crippen LogP contribution in [0.3, 0.4) is 0 Å². The lowest BCUT2D eigenvalue weighted by atomic mass is 9.87. The summed E-state index contributed by atoms with van der Waals surface area (Å²) in [6, 6.07) is 5.19. The van der Waals surface area contributed by atoms with Crippen LogP contribution in [-0.2, 0) is 10.2 Å². The molecule has 0 radical (unpaired) electrons. The van der Waals surface area contributed by atoms with Gasteiger partial charge in [0.2, 0.25) is 0 Å². The molecule has 0 aliphatic heterocycles. The van der Waals surface area contributed by atoms with E-state index in [4.69, 9.17) is 0 Å². The van der Waals surface area contributed by atoms with Gasteiger partial charge in [-0.3, -0.25) is 4.79 Å². The molecule has 1 fully saturated rings. The average molecular weight is 220 g/mol. The van der Waals surface area contributed by atoms with Gasteiger partial charge in [-0.1, -0.05) is 26.0 Å². The van der Waals surface area contributed by atoms with Crippen LogP contribution in [0.5, 0.6) is 5.75 Å². The maximum absolute atomic E-state index is 11.4. The van der Waals surface area contributed by atoms with E-state index < -0.39 is 11.4 Å². The number of phenolic OH excluding ortho intramolecular Hbond substituents is 1. The normalized spacial score (nSPS) is 26.4. The third-order valence-electron chi connectivity index (χ3n) is 3.72. The van der Waals surface area contributed by atoms with Crippen LogP contribution >= 0.6 is 0 Å². The molecule has 3 heteroatoms. The van der Waals surface area contributed by atoms with Crippen molar-refractivity contribution in [1.82, 2.24) is 0 Å². The van der Waals surface area contributed by atoms with Crippen LogP contribution in [0.2, 0.25) is 0 Å². The summed E-state index contributed by atoms with van der Waals surface area (Å²) in [4.78, 5) is 11.4. The maximum Gasteiger partial charge on any atom is 0.314 e. The number of phenols is 1. The first kappa shape index (κ1) is 11.0. The van der Waals surface area contributed by atoms with E-state index in [0.29, 0.717) is 12.0 Å². The second-order valence-electron chi connectivity index (χ2n) is 5.29. The molecule has 3 nitrogen and oxygen atoms in total. The summed E-state index contributed by atoms with van der Waals surface area (Å²) in [5.41, 5.74) is 0.270. The number of aryl methyl sites for hydroxylation is 1. The predicted octanol–water partition coefficient (Wildman–Crippen LogP) is 2.45. The molecule has 0 heterocycles. The van der Waals surface area contributed by atoms with Crippen molar-refractivity contribution < 1.29 is 15.0 Å². The number of aliphatic carboxylic acids is 1. The minimum absolute atomic E-state index is 0.0907. The van der Waals surface area contributed by atoms with Crippen LogP contribution in [0.4, 0.5) is 0 Å². The van der Waals surface area contributed by atoms with Crippen molar-refractivity contribution in [3.8, 4) is 5.75 Å². The zero-order chi connectivity index (χ0) is 12.1. The molecule has 1 saturated carbocycles. The van der Waals surface area contributed by atoms with Gasteiger partial charge >= 0.3 is 5.97 Å². The molecule has 0 amide bonds. The summed E-state index contributed by atoms with van der Waals surface area (Å²) in [6.45, 7) is 5.70. The Labute approximate surface area is 94.7 Å². The molecule has 1 aliphatic carbocycles. The SMILES string of the molecule is Cc1ccc(C2(C(=O)O)CC2(C)C)c(O)c1. The molecular formula is C13H16O3. The van der Waals surface area contributed by atoms with E-state index in [9.17, 15) is 15.0 Å². The third kappa shape index (κ3) is 1.24. The van der Waals surface area contributed by atoms with Gasteiger partial charge < -0.3 is 10.2 Å². The molecule has 1 aromatic carbocycles. The quantitative estimate of drug-likeness (QED) is 0.804. The van der Waals surface area contributed by atoms with Gasteiger partial charge in [0.05, 0.1) is 0 Å². The molecule has 2 rings (SSSR count). The Hall–Kier alpha value is -1.51. The number of hydrogen-bond acceptors (Lipinski definition) is 2. The average Bonchev–Trinajstić information content (AvgIpc) is 2.70. The molecule has 1 aliphatic rings. The summed E-state index contributed by atoms with van der Waals surface area (Å²) in [7, 11) is 0. The van der Waals surface area contributed by atoms with Crippen molar-refractivity contribution in [1.29, 1.82) is 0 Å². The number of aromatic hydroxyl groups is 1. The van der Waals surface area contributed by atoms with Crippen molar-refractivity contribution >= 4 is 5.97 Å².